The number of nitrogens with one attached hydrogen (secondary N) is 3. The third-order valence-electron chi connectivity index (χ3n) is 3.19. The lowest BCUT2D eigenvalue weighted by atomic mass is 10.1. The molecule has 1 aliphatic rings. The maximum atomic E-state index is 4.53. The molecule has 0 saturated heterocycles. The van der Waals surface area contributed by atoms with E-state index in [1.165, 1.54) is 0 Å². The number of para-hydroxylation sites is 1. The highest BCUT2D eigenvalue weighted by Crippen LogP contribution is 2.24. The second kappa shape index (κ2) is 5.24. The van der Waals surface area contributed by atoms with Gasteiger partial charge >= 0.3 is 0 Å². The minimum Gasteiger partial charge on any atom is -0.357 e. The number of hydrogen-bond donors (Lipinski definition) is 3. The molecule has 0 saturated carbocycles. The first kappa shape index (κ1) is 11.9. The van der Waals surface area contributed by atoms with Crippen LogP contribution in [0, 0.1) is 0 Å². The van der Waals surface area contributed by atoms with E-state index < -0.39 is 0 Å². The predicted octanol–water partition coefficient (Wildman–Crippen LogP) is 1.91. The average Bonchev–Trinajstić information content (AvgIpc) is 2.48. The molecule has 3 rings (SSSR count). The largest absolute Gasteiger partial charge is 0.357 e. The van der Waals surface area contributed by atoms with Gasteiger partial charge in [-0.15, -0.1) is 0 Å². The Bertz CT molecular complexity index is 568. The summed E-state index contributed by atoms with van der Waals surface area (Å²) < 4.78 is 0. The van der Waals surface area contributed by atoms with E-state index in [0.717, 1.165) is 42.3 Å². The van der Waals surface area contributed by atoms with Gasteiger partial charge in [-0.3, -0.25) is 0 Å². The van der Waals surface area contributed by atoms with E-state index in [1.807, 2.05) is 37.4 Å². The molecule has 0 bridgehead atoms. The Morgan fingerprint density at radius 1 is 1.16 bits per heavy atom. The second-order valence-electron chi connectivity index (χ2n) is 4.49. The van der Waals surface area contributed by atoms with E-state index >= 15 is 0 Å². The Hall–Kier alpha value is -2.14. The van der Waals surface area contributed by atoms with Crippen LogP contribution < -0.4 is 16.0 Å². The van der Waals surface area contributed by atoms with Gasteiger partial charge in [0, 0.05) is 37.8 Å². The van der Waals surface area contributed by atoms with Gasteiger partial charge in [-0.2, -0.15) is 4.98 Å². The zero-order chi connectivity index (χ0) is 13.1. The van der Waals surface area contributed by atoms with Crippen LogP contribution in [0.4, 0.5) is 17.5 Å². The van der Waals surface area contributed by atoms with Crippen molar-refractivity contribution >= 4 is 17.5 Å². The highest BCUT2D eigenvalue weighted by atomic mass is 15.1. The molecule has 19 heavy (non-hydrogen) atoms. The maximum absolute atomic E-state index is 4.53. The Labute approximate surface area is 112 Å². The molecule has 2 aromatic rings. The topological polar surface area (TPSA) is 61.9 Å². The first-order valence-corrected chi connectivity index (χ1v) is 6.47. The Kier molecular flexibility index (Phi) is 3.29. The summed E-state index contributed by atoms with van der Waals surface area (Å²) in [6.07, 6.45) is 0.940. The van der Waals surface area contributed by atoms with Crippen LogP contribution in [0.2, 0.25) is 0 Å². The number of hydrogen-bond acceptors (Lipinski definition) is 5. The first-order chi connectivity index (χ1) is 9.36. The lowest BCUT2D eigenvalue weighted by Crippen LogP contribution is -2.26. The van der Waals surface area contributed by atoms with E-state index in [0.29, 0.717) is 5.95 Å². The van der Waals surface area contributed by atoms with Crippen molar-refractivity contribution in [2.24, 2.45) is 0 Å². The number of rotatable bonds is 3. The molecule has 5 nitrogen and oxygen atoms in total. The molecule has 98 valence electrons. The molecule has 3 N–H and O–H groups in total. The van der Waals surface area contributed by atoms with Crippen molar-refractivity contribution in [3.05, 3.63) is 41.6 Å². The van der Waals surface area contributed by atoms with Gasteiger partial charge in [-0.1, -0.05) is 18.2 Å². The van der Waals surface area contributed by atoms with Crippen LogP contribution in [0.1, 0.15) is 11.3 Å². The maximum Gasteiger partial charge on any atom is 0.224 e. The Balaban J connectivity index is 1.99. The van der Waals surface area contributed by atoms with Crippen LogP contribution in [0.3, 0.4) is 0 Å². The lowest BCUT2D eigenvalue weighted by molar-refractivity contribution is 0.629. The van der Waals surface area contributed by atoms with Gasteiger partial charge in [0.2, 0.25) is 5.95 Å². The summed E-state index contributed by atoms with van der Waals surface area (Å²) in [5.41, 5.74) is 3.32. The van der Waals surface area contributed by atoms with Crippen LogP contribution >= 0.6 is 0 Å². The summed E-state index contributed by atoms with van der Waals surface area (Å²) in [5.74, 6) is 1.55. The lowest BCUT2D eigenvalue weighted by Gasteiger charge is -2.20. The molecule has 5 heteroatoms. The molecule has 0 fully saturated rings. The smallest absolute Gasteiger partial charge is 0.224 e. The SMILES string of the molecule is CNc1nc2c(c(Nc3ccccc3)n1)CNCC2. The van der Waals surface area contributed by atoms with Crippen molar-refractivity contribution in [1.82, 2.24) is 15.3 Å². The van der Waals surface area contributed by atoms with Crippen molar-refractivity contribution in [2.45, 2.75) is 13.0 Å². The fourth-order valence-corrected chi connectivity index (χ4v) is 2.22. The Morgan fingerprint density at radius 2 is 2.00 bits per heavy atom. The minimum absolute atomic E-state index is 0.666. The third kappa shape index (κ3) is 2.51. The summed E-state index contributed by atoms with van der Waals surface area (Å²) in [6.45, 7) is 1.78. The van der Waals surface area contributed by atoms with Crippen molar-refractivity contribution in [1.29, 1.82) is 0 Å². The molecule has 0 aliphatic carbocycles. The zero-order valence-electron chi connectivity index (χ0n) is 10.9. The average molecular weight is 255 g/mol. The second-order valence-corrected chi connectivity index (χ2v) is 4.49. The fraction of sp³-hybridized carbons (Fsp3) is 0.286. The molecule has 2 heterocycles. The van der Waals surface area contributed by atoms with Crippen LogP contribution in [0.5, 0.6) is 0 Å². The van der Waals surface area contributed by atoms with Crippen molar-refractivity contribution in [3.63, 3.8) is 0 Å². The number of aromatic nitrogens is 2. The number of nitrogens with zero attached hydrogens (tertiary/aromatic N) is 2. The van der Waals surface area contributed by atoms with Gasteiger partial charge in [0.05, 0.1) is 5.69 Å². The molecule has 0 amide bonds. The van der Waals surface area contributed by atoms with Crippen LogP contribution in [0.25, 0.3) is 0 Å². The van der Waals surface area contributed by atoms with Crippen LogP contribution in [-0.2, 0) is 13.0 Å². The summed E-state index contributed by atoms with van der Waals surface area (Å²) in [5, 5.41) is 9.76. The highest BCUT2D eigenvalue weighted by Gasteiger charge is 2.17. The minimum atomic E-state index is 0.666. The van der Waals surface area contributed by atoms with Gasteiger partial charge in [-0.25, -0.2) is 4.98 Å². The molecule has 1 aromatic heterocycles. The number of anilines is 3. The van der Waals surface area contributed by atoms with Crippen molar-refractivity contribution in [3.8, 4) is 0 Å². The zero-order valence-corrected chi connectivity index (χ0v) is 10.9. The fourth-order valence-electron chi connectivity index (χ4n) is 2.22. The standard InChI is InChI=1S/C14H17N5/c1-15-14-18-12-7-8-16-9-11(12)13(19-14)17-10-5-3-2-4-6-10/h2-6,16H,7-9H2,1H3,(H2,15,17,18,19). The van der Waals surface area contributed by atoms with Gasteiger partial charge < -0.3 is 16.0 Å². The molecule has 1 aromatic carbocycles. The van der Waals surface area contributed by atoms with Gasteiger partial charge in [0.1, 0.15) is 5.82 Å². The molecular weight excluding hydrogens is 238 g/mol. The van der Waals surface area contributed by atoms with Gasteiger partial charge in [0.15, 0.2) is 0 Å². The van der Waals surface area contributed by atoms with E-state index in [-0.39, 0.29) is 0 Å². The van der Waals surface area contributed by atoms with Crippen LogP contribution in [-0.4, -0.2) is 23.6 Å². The molecule has 0 spiro atoms. The molecule has 0 radical (unpaired) electrons. The molecular formula is C14H17N5. The quantitative estimate of drug-likeness (QED) is 0.782. The van der Waals surface area contributed by atoms with Crippen molar-refractivity contribution < 1.29 is 0 Å². The third-order valence-corrected chi connectivity index (χ3v) is 3.19. The monoisotopic (exact) mass is 255 g/mol. The van der Waals surface area contributed by atoms with E-state index in [4.69, 9.17) is 0 Å². The number of fused-ring (bicyclic) bond motifs is 1. The van der Waals surface area contributed by atoms with E-state index in [1.54, 1.807) is 0 Å². The molecule has 0 unspecified atom stereocenters. The number of benzene rings is 1. The van der Waals surface area contributed by atoms with Crippen LogP contribution in [0.15, 0.2) is 30.3 Å². The Morgan fingerprint density at radius 3 is 2.79 bits per heavy atom. The summed E-state index contributed by atoms with van der Waals surface area (Å²) in [7, 11) is 1.84. The van der Waals surface area contributed by atoms with Crippen molar-refractivity contribution in [2.75, 3.05) is 24.2 Å². The first-order valence-electron chi connectivity index (χ1n) is 6.47. The van der Waals surface area contributed by atoms with Gasteiger partial charge in [-0.05, 0) is 12.1 Å². The predicted molar refractivity (Wildman–Crippen MR) is 76.7 cm³/mol. The normalized spacial score (nSPS) is 13.7. The summed E-state index contributed by atoms with van der Waals surface area (Å²) >= 11 is 0. The van der Waals surface area contributed by atoms with E-state index in [2.05, 4.69) is 25.9 Å². The molecule has 0 atom stereocenters. The summed E-state index contributed by atoms with van der Waals surface area (Å²) in [6, 6.07) is 10.1. The van der Waals surface area contributed by atoms with E-state index in [9.17, 15) is 0 Å². The highest BCUT2D eigenvalue weighted by molar-refractivity contribution is 5.61. The van der Waals surface area contributed by atoms with Gasteiger partial charge in [0.25, 0.3) is 0 Å². The molecule has 1 aliphatic heterocycles. The summed E-state index contributed by atoms with van der Waals surface area (Å²) in [4.78, 5) is 9.06.